The molecule has 116 valence electrons. The van der Waals surface area contributed by atoms with Gasteiger partial charge in [-0.05, 0) is 19.4 Å². The first-order valence-electron chi connectivity index (χ1n) is 7.52. The highest BCUT2D eigenvalue weighted by Gasteiger charge is 2.60. The first-order valence-corrected chi connectivity index (χ1v) is 7.52. The molecule has 1 amide bonds. The lowest BCUT2D eigenvalue weighted by molar-refractivity contribution is -0.0663. The number of hydrogen-bond donors (Lipinski definition) is 2. The van der Waals surface area contributed by atoms with Gasteiger partial charge in [-0.2, -0.15) is 10.2 Å². The maximum absolute atomic E-state index is 12.6. The van der Waals surface area contributed by atoms with E-state index in [4.69, 9.17) is 5.73 Å². The van der Waals surface area contributed by atoms with Crippen molar-refractivity contribution in [3.8, 4) is 0 Å². The molecule has 21 heavy (non-hydrogen) atoms. The van der Waals surface area contributed by atoms with Crippen LogP contribution in [0.3, 0.4) is 0 Å². The van der Waals surface area contributed by atoms with Crippen LogP contribution < -0.4 is 11.1 Å². The molecule has 1 aliphatic carbocycles. The Bertz CT molecular complexity index is 549. The topological polar surface area (TPSA) is 80.9 Å². The van der Waals surface area contributed by atoms with E-state index in [-0.39, 0.29) is 28.8 Å². The molecule has 0 unspecified atom stereocenters. The molecule has 0 aliphatic heterocycles. The van der Waals surface area contributed by atoms with Gasteiger partial charge in [0, 0.05) is 22.9 Å². The molecule has 1 aromatic heterocycles. The number of hydrogen-bond acceptors (Lipinski definition) is 4. The first kappa shape index (κ1) is 15.9. The van der Waals surface area contributed by atoms with Gasteiger partial charge in [0.05, 0.1) is 17.0 Å². The number of rotatable bonds is 3. The lowest BCUT2D eigenvalue weighted by atomic mass is 9.48. The third kappa shape index (κ3) is 2.44. The predicted octanol–water partition coefficient (Wildman–Crippen LogP) is 1.84. The fourth-order valence-electron chi connectivity index (χ4n) is 3.73. The van der Waals surface area contributed by atoms with E-state index in [9.17, 15) is 4.79 Å². The summed E-state index contributed by atoms with van der Waals surface area (Å²) in [7, 11) is 0. The van der Waals surface area contributed by atoms with Crippen molar-refractivity contribution in [1.29, 1.82) is 0 Å². The smallest absolute Gasteiger partial charge is 0.253 e. The fourth-order valence-corrected chi connectivity index (χ4v) is 3.73. The molecule has 1 saturated carbocycles. The third-order valence-corrected chi connectivity index (χ3v) is 4.94. The second-order valence-corrected chi connectivity index (χ2v) is 7.23. The van der Waals surface area contributed by atoms with Crippen molar-refractivity contribution in [3.63, 3.8) is 0 Å². The molecule has 1 aliphatic rings. The van der Waals surface area contributed by atoms with Crippen molar-refractivity contribution in [2.75, 3.05) is 0 Å². The zero-order chi connectivity index (χ0) is 16.0. The molecule has 0 spiro atoms. The number of amides is 1. The van der Waals surface area contributed by atoms with Gasteiger partial charge >= 0.3 is 0 Å². The summed E-state index contributed by atoms with van der Waals surface area (Å²) in [5.74, 6) is -0.0806. The minimum Gasteiger partial charge on any atom is -0.348 e. The summed E-state index contributed by atoms with van der Waals surface area (Å²) in [6.07, 6.45) is 0.687. The molecule has 5 heteroatoms. The Labute approximate surface area is 126 Å². The normalized spacial score (nSPS) is 26.0. The summed E-state index contributed by atoms with van der Waals surface area (Å²) in [6, 6.07) is 1.92. The molecule has 0 aromatic carbocycles. The van der Waals surface area contributed by atoms with Crippen LogP contribution in [0.4, 0.5) is 0 Å². The summed E-state index contributed by atoms with van der Waals surface area (Å²) >= 11 is 0. The second-order valence-electron chi connectivity index (χ2n) is 7.23. The number of nitrogens with one attached hydrogen (secondary N) is 1. The van der Waals surface area contributed by atoms with Crippen LogP contribution in [-0.4, -0.2) is 28.2 Å². The van der Waals surface area contributed by atoms with Crippen LogP contribution in [0.5, 0.6) is 0 Å². The van der Waals surface area contributed by atoms with E-state index in [1.807, 2.05) is 13.8 Å². The van der Waals surface area contributed by atoms with Crippen molar-refractivity contribution in [2.24, 2.45) is 16.6 Å². The number of aromatic nitrogens is 2. The molecule has 3 N–H and O–H groups in total. The van der Waals surface area contributed by atoms with Crippen molar-refractivity contribution in [1.82, 2.24) is 15.5 Å². The molecule has 2 rings (SSSR count). The number of aryl methyl sites for hydroxylation is 2. The molecule has 1 fully saturated rings. The fraction of sp³-hybridized carbons (Fsp3) is 0.688. The minimum atomic E-state index is -0.110. The maximum atomic E-state index is 12.6. The Morgan fingerprint density at radius 1 is 1.29 bits per heavy atom. The Morgan fingerprint density at radius 2 is 1.86 bits per heavy atom. The Balaban J connectivity index is 2.25. The lowest BCUT2D eigenvalue weighted by Gasteiger charge is -2.62. The van der Waals surface area contributed by atoms with Crippen molar-refractivity contribution < 1.29 is 4.79 Å². The first-order chi connectivity index (χ1) is 9.62. The van der Waals surface area contributed by atoms with E-state index in [1.54, 1.807) is 6.07 Å². The van der Waals surface area contributed by atoms with Crippen LogP contribution in [0, 0.1) is 17.8 Å². The number of carbonyl (C=O) groups is 1. The average Bonchev–Trinajstić information content (AvgIpc) is 2.43. The standard InChI is InChI=1S/C16H26N4O/c1-7-11-10(8-9(2)19-20-11)12(21)18-14-15(3,4)13(17)16(14,5)6/h8,13-14H,7,17H2,1-6H3,(H,18,21). The van der Waals surface area contributed by atoms with Crippen LogP contribution in [0.15, 0.2) is 6.07 Å². The third-order valence-electron chi connectivity index (χ3n) is 4.94. The second kappa shape index (κ2) is 5.05. The van der Waals surface area contributed by atoms with E-state index in [2.05, 4.69) is 43.2 Å². The van der Waals surface area contributed by atoms with Gasteiger partial charge in [0.25, 0.3) is 5.91 Å². The molecule has 0 atom stereocenters. The van der Waals surface area contributed by atoms with Gasteiger partial charge in [0.15, 0.2) is 0 Å². The highest BCUT2D eigenvalue weighted by Crippen LogP contribution is 2.52. The van der Waals surface area contributed by atoms with Gasteiger partial charge in [0.1, 0.15) is 0 Å². The summed E-state index contributed by atoms with van der Waals surface area (Å²) in [6.45, 7) is 12.2. The highest BCUT2D eigenvalue weighted by molar-refractivity contribution is 5.95. The number of nitrogens with zero attached hydrogens (tertiary/aromatic N) is 2. The molecule has 5 nitrogen and oxygen atoms in total. The summed E-state index contributed by atoms with van der Waals surface area (Å²) in [4.78, 5) is 12.6. The average molecular weight is 290 g/mol. The predicted molar refractivity (Wildman–Crippen MR) is 82.9 cm³/mol. The Kier molecular flexibility index (Phi) is 3.82. The molecule has 1 aromatic rings. The SMILES string of the molecule is CCc1nnc(C)cc1C(=O)NC1C(C)(C)C(N)C1(C)C. The van der Waals surface area contributed by atoms with Gasteiger partial charge in [-0.3, -0.25) is 4.79 Å². The van der Waals surface area contributed by atoms with Crippen LogP contribution in [-0.2, 0) is 6.42 Å². The number of nitrogens with two attached hydrogens (primary N) is 1. The van der Waals surface area contributed by atoms with E-state index < -0.39 is 0 Å². The molecular weight excluding hydrogens is 264 g/mol. The van der Waals surface area contributed by atoms with Crippen LogP contribution in [0.2, 0.25) is 0 Å². The maximum Gasteiger partial charge on any atom is 0.253 e. The minimum absolute atomic E-state index is 0.0469. The number of carbonyl (C=O) groups excluding carboxylic acids is 1. The zero-order valence-electron chi connectivity index (χ0n) is 13.8. The van der Waals surface area contributed by atoms with Crippen LogP contribution in [0.25, 0.3) is 0 Å². The Morgan fingerprint density at radius 3 is 2.38 bits per heavy atom. The summed E-state index contributed by atoms with van der Waals surface area (Å²) in [5.41, 5.74) is 8.13. The van der Waals surface area contributed by atoms with Gasteiger partial charge in [0.2, 0.25) is 0 Å². The van der Waals surface area contributed by atoms with Gasteiger partial charge in [-0.25, -0.2) is 0 Å². The summed E-state index contributed by atoms with van der Waals surface area (Å²) in [5, 5.41) is 11.3. The van der Waals surface area contributed by atoms with Gasteiger partial charge in [-0.15, -0.1) is 0 Å². The van der Waals surface area contributed by atoms with Gasteiger partial charge < -0.3 is 11.1 Å². The van der Waals surface area contributed by atoms with Crippen molar-refractivity contribution >= 4 is 5.91 Å². The molecule has 0 radical (unpaired) electrons. The molecular formula is C16H26N4O. The van der Waals surface area contributed by atoms with E-state index in [0.29, 0.717) is 12.0 Å². The van der Waals surface area contributed by atoms with E-state index in [0.717, 1.165) is 11.4 Å². The highest BCUT2D eigenvalue weighted by atomic mass is 16.1. The monoisotopic (exact) mass is 290 g/mol. The van der Waals surface area contributed by atoms with E-state index >= 15 is 0 Å². The summed E-state index contributed by atoms with van der Waals surface area (Å²) < 4.78 is 0. The largest absolute Gasteiger partial charge is 0.348 e. The van der Waals surface area contributed by atoms with Gasteiger partial charge in [-0.1, -0.05) is 34.6 Å². The van der Waals surface area contributed by atoms with Crippen LogP contribution >= 0.6 is 0 Å². The Hall–Kier alpha value is -1.49. The molecule has 0 saturated heterocycles. The quantitative estimate of drug-likeness (QED) is 0.890. The zero-order valence-corrected chi connectivity index (χ0v) is 13.8. The van der Waals surface area contributed by atoms with E-state index in [1.165, 1.54) is 0 Å². The van der Waals surface area contributed by atoms with Crippen molar-refractivity contribution in [3.05, 3.63) is 23.0 Å². The van der Waals surface area contributed by atoms with Crippen LogP contribution in [0.1, 0.15) is 56.4 Å². The molecule has 0 bridgehead atoms. The molecule has 1 heterocycles. The van der Waals surface area contributed by atoms with Crippen molar-refractivity contribution in [2.45, 2.75) is 60.0 Å². The lowest BCUT2D eigenvalue weighted by Crippen LogP contribution is -2.76.